The fourth-order valence-electron chi connectivity index (χ4n) is 8.49. The number of rotatable bonds is 53. The number of carbonyl (C=O) groups is 3. The normalized spacial score (nSPS) is 12.3. The highest BCUT2D eigenvalue weighted by molar-refractivity contribution is 5.71. The second kappa shape index (κ2) is 56.0. The Morgan fingerprint density at radius 3 is 0.910 bits per heavy atom. The van der Waals surface area contributed by atoms with Crippen molar-refractivity contribution in [3.63, 3.8) is 0 Å². The molecule has 0 saturated heterocycles. The molecule has 6 heteroatoms. The van der Waals surface area contributed by atoms with Gasteiger partial charge in [0.25, 0.3) is 0 Å². The molecule has 0 N–H and O–H groups in total. The summed E-state index contributed by atoms with van der Waals surface area (Å²) in [4.78, 5) is 38.1. The zero-order valence-corrected chi connectivity index (χ0v) is 44.7. The van der Waals surface area contributed by atoms with E-state index in [4.69, 9.17) is 14.2 Å². The summed E-state index contributed by atoms with van der Waals surface area (Å²) in [5.41, 5.74) is 0. The first-order valence-electron chi connectivity index (χ1n) is 29.1. The first-order valence-corrected chi connectivity index (χ1v) is 29.1. The first-order chi connectivity index (χ1) is 33.0. The molecule has 0 aliphatic heterocycles. The Morgan fingerprint density at radius 1 is 0.313 bits per heavy atom. The van der Waals surface area contributed by atoms with Crippen molar-refractivity contribution in [1.29, 1.82) is 0 Å². The van der Waals surface area contributed by atoms with E-state index >= 15 is 0 Å². The minimum atomic E-state index is -0.768. The van der Waals surface area contributed by atoms with Crippen molar-refractivity contribution in [3.8, 4) is 0 Å². The van der Waals surface area contributed by atoms with Gasteiger partial charge in [0, 0.05) is 19.3 Å². The van der Waals surface area contributed by atoms with E-state index in [9.17, 15) is 14.4 Å². The molecule has 0 rings (SSSR count). The predicted molar refractivity (Wildman–Crippen MR) is 289 cm³/mol. The van der Waals surface area contributed by atoms with Gasteiger partial charge in [0.2, 0.25) is 0 Å². The predicted octanol–water partition coefficient (Wildman–Crippen LogP) is 19.4. The van der Waals surface area contributed by atoms with Crippen molar-refractivity contribution >= 4 is 17.9 Å². The van der Waals surface area contributed by atoms with Crippen LogP contribution in [0.5, 0.6) is 0 Å². The molecule has 0 aromatic carbocycles. The number of hydrogen-bond donors (Lipinski definition) is 0. The smallest absolute Gasteiger partial charge is 0.306 e. The van der Waals surface area contributed by atoms with E-state index in [0.717, 1.165) is 83.5 Å². The van der Waals surface area contributed by atoms with Crippen molar-refractivity contribution in [2.24, 2.45) is 0 Å². The highest BCUT2D eigenvalue weighted by Crippen LogP contribution is 2.17. The quantitative estimate of drug-likeness (QED) is 0.0262. The lowest BCUT2D eigenvalue weighted by atomic mass is 10.0. The van der Waals surface area contributed by atoms with E-state index in [1.807, 2.05) is 0 Å². The third kappa shape index (κ3) is 54.2. The third-order valence-corrected chi connectivity index (χ3v) is 12.8. The first kappa shape index (κ1) is 64.4. The van der Waals surface area contributed by atoms with Crippen LogP contribution >= 0.6 is 0 Å². The van der Waals surface area contributed by atoms with Gasteiger partial charge < -0.3 is 14.2 Å². The molecule has 0 heterocycles. The topological polar surface area (TPSA) is 78.9 Å². The van der Waals surface area contributed by atoms with Crippen LogP contribution in [0.1, 0.15) is 303 Å². The lowest BCUT2D eigenvalue weighted by Crippen LogP contribution is -2.30. The van der Waals surface area contributed by atoms with Gasteiger partial charge in [-0.2, -0.15) is 0 Å². The van der Waals surface area contributed by atoms with Crippen LogP contribution in [0.2, 0.25) is 0 Å². The average molecular weight is 940 g/mol. The second-order valence-corrected chi connectivity index (χ2v) is 19.5. The van der Waals surface area contributed by atoms with Crippen LogP contribution in [-0.2, 0) is 28.6 Å². The highest BCUT2D eigenvalue weighted by atomic mass is 16.6. The van der Waals surface area contributed by atoms with Gasteiger partial charge in [-0.15, -0.1) is 0 Å². The van der Waals surface area contributed by atoms with Crippen molar-refractivity contribution in [2.75, 3.05) is 13.2 Å². The van der Waals surface area contributed by atoms with Gasteiger partial charge in [-0.05, 0) is 57.8 Å². The Kier molecular flexibility index (Phi) is 53.8. The standard InChI is InChI=1S/C61H110O6/c1-4-7-10-13-16-19-22-25-26-27-28-29-30-31-32-33-34-35-36-37-40-42-45-48-51-54-60(63)66-57-58(67-61(64)55-52-49-46-43-39-24-21-18-15-12-9-6-3)56-65-59(62)53-50-47-44-41-38-23-20-17-14-11-8-5-2/h7,10,16,19,25-26,28-29,58H,4-6,8-9,11-15,17-18,20-24,27,30-57H2,1-3H3/b10-7-,19-16-,26-25-,29-28-. The number of hydrogen-bond acceptors (Lipinski definition) is 6. The second-order valence-electron chi connectivity index (χ2n) is 19.5. The molecule has 0 aliphatic rings. The summed E-state index contributed by atoms with van der Waals surface area (Å²) in [7, 11) is 0. The van der Waals surface area contributed by atoms with Crippen LogP contribution in [-0.4, -0.2) is 37.2 Å². The van der Waals surface area contributed by atoms with Crippen molar-refractivity contribution in [3.05, 3.63) is 48.6 Å². The molecule has 0 fully saturated rings. The molecule has 390 valence electrons. The molecular weight excluding hydrogens is 829 g/mol. The molecule has 1 unspecified atom stereocenters. The molecule has 0 aliphatic carbocycles. The fraction of sp³-hybridized carbons (Fsp3) is 0.820. The van der Waals surface area contributed by atoms with E-state index in [1.165, 1.54) is 180 Å². The minimum Gasteiger partial charge on any atom is -0.462 e. The monoisotopic (exact) mass is 939 g/mol. The van der Waals surface area contributed by atoms with E-state index in [2.05, 4.69) is 69.4 Å². The maximum atomic E-state index is 12.8. The molecular formula is C61H110O6. The van der Waals surface area contributed by atoms with Crippen LogP contribution in [0.4, 0.5) is 0 Å². The van der Waals surface area contributed by atoms with Gasteiger partial charge in [0.15, 0.2) is 6.10 Å². The van der Waals surface area contributed by atoms with E-state index in [1.54, 1.807) is 0 Å². The summed E-state index contributed by atoms with van der Waals surface area (Å²) >= 11 is 0. The van der Waals surface area contributed by atoms with Crippen LogP contribution < -0.4 is 0 Å². The van der Waals surface area contributed by atoms with Gasteiger partial charge in [0.05, 0.1) is 0 Å². The van der Waals surface area contributed by atoms with Crippen molar-refractivity contribution in [1.82, 2.24) is 0 Å². The summed E-state index contributed by atoms with van der Waals surface area (Å²) < 4.78 is 16.9. The van der Waals surface area contributed by atoms with Crippen LogP contribution in [0.25, 0.3) is 0 Å². The molecule has 0 bridgehead atoms. The van der Waals surface area contributed by atoms with Gasteiger partial charge >= 0.3 is 17.9 Å². The van der Waals surface area contributed by atoms with Crippen LogP contribution in [0, 0.1) is 0 Å². The number of allylic oxidation sites excluding steroid dienone is 8. The summed E-state index contributed by atoms with van der Waals surface area (Å²) in [6.07, 6.45) is 68.2. The molecule has 0 radical (unpaired) electrons. The zero-order chi connectivity index (χ0) is 48.6. The maximum Gasteiger partial charge on any atom is 0.306 e. The van der Waals surface area contributed by atoms with Gasteiger partial charge in [0.1, 0.15) is 13.2 Å². The molecule has 6 nitrogen and oxygen atoms in total. The summed E-state index contributed by atoms with van der Waals surface area (Å²) in [6, 6.07) is 0. The molecule has 0 aromatic heterocycles. The highest BCUT2D eigenvalue weighted by Gasteiger charge is 2.19. The molecule has 1 atom stereocenters. The Morgan fingerprint density at radius 2 is 0.582 bits per heavy atom. The Labute approximate surface area is 416 Å². The molecule has 0 spiro atoms. The largest absolute Gasteiger partial charge is 0.462 e. The SMILES string of the molecule is CC/C=C\C/C=C\C/C=C\C/C=C\CCCCCCCCCCCCCCC(=O)OCC(COC(=O)CCCCCCCCCCCCCC)OC(=O)CCCCCCCCCCCCCC. The molecule has 0 saturated carbocycles. The summed E-state index contributed by atoms with van der Waals surface area (Å²) in [5, 5.41) is 0. The molecule has 0 amide bonds. The van der Waals surface area contributed by atoms with Crippen molar-refractivity contribution in [2.45, 2.75) is 309 Å². The lowest BCUT2D eigenvalue weighted by molar-refractivity contribution is -0.167. The molecule has 0 aromatic rings. The average Bonchev–Trinajstić information content (AvgIpc) is 3.33. The van der Waals surface area contributed by atoms with Gasteiger partial charge in [-0.3, -0.25) is 14.4 Å². The summed E-state index contributed by atoms with van der Waals surface area (Å²) in [6.45, 7) is 6.55. The number of ether oxygens (including phenoxy) is 3. The Bertz CT molecular complexity index is 1170. The van der Waals surface area contributed by atoms with E-state index in [-0.39, 0.29) is 31.1 Å². The van der Waals surface area contributed by atoms with Gasteiger partial charge in [-0.25, -0.2) is 0 Å². The number of carbonyl (C=O) groups excluding carboxylic acids is 3. The minimum absolute atomic E-state index is 0.0682. The number of unbranched alkanes of at least 4 members (excludes halogenated alkanes) is 34. The Hall–Kier alpha value is -2.63. The van der Waals surface area contributed by atoms with E-state index < -0.39 is 6.10 Å². The number of esters is 3. The van der Waals surface area contributed by atoms with Gasteiger partial charge in [-0.1, -0.05) is 275 Å². The zero-order valence-electron chi connectivity index (χ0n) is 44.7. The third-order valence-electron chi connectivity index (χ3n) is 12.8. The summed E-state index contributed by atoms with van der Waals surface area (Å²) in [5.74, 6) is -0.855. The van der Waals surface area contributed by atoms with Crippen molar-refractivity contribution < 1.29 is 28.6 Å². The van der Waals surface area contributed by atoms with Crippen LogP contribution in [0.3, 0.4) is 0 Å². The van der Waals surface area contributed by atoms with Crippen LogP contribution in [0.15, 0.2) is 48.6 Å². The van der Waals surface area contributed by atoms with E-state index in [0.29, 0.717) is 19.3 Å². The fourth-order valence-corrected chi connectivity index (χ4v) is 8.49. The Balaban J connectivity index is 4.20. The lowest BCUT2D eigenvalue weighted by Gasteiger charge is -2.18. The molecule has 67 heavy (non-hydrogen) atoms. The maximum absolute atomic E-state index is 12.8.